The lowest BCUT2D eigenvalue weighted by Gasteiger charge is -2.28. The van der Waals surface area contributed by atoms with E-state index < -0.39 is 11.7 Å². The van der Waals surface area contributed by atoms with Gasteiger partial charge in [0, 0.05) is 19.3 Å². The number of pyridine rings is 1. The second-order valence-electron chi connectivity index (χ2n) is 3.53. The molecule has 0 aromatic carbocycles. The van der Waals surface area contributed by atoms with Gasteiger partial charge in [0.2, 0.25) is 0 Å². The molecule has 1 aromatic rings. The minimum atomic E-state index is -4.34. The number of hydrogen-bond acceptors (Lipinski definition) is 3. The van der Waals surface area contributed by atoms with E-state index in [4.69, 9.17) is 4.74 Å². The topological polar surface area (TPSA) is 25.4 Å². The van der Waals surface area contributed by atoms with Crippen molar-refractivity contribution in [2.75, 3.05) is 31.2 Å². The van der Waals surface area contributed by atoms with E-state index in [2.05, 4.69) is 4.98 Å². The Bertz CT molecular complexity index is 361. The third-order valence-electron chi connectivity index (χ3n) is 2.43. The first kappa shape index (κ1) is 11.2. The maximum atomic E-state index is 12.5. The summed E-state index contributed by atoms with van der Waals surface area (Å²) in [6.45, 7) is 2.28. The molecule has 16 heavy (non-hydrogen) atoms. The first-order chi connectivity index (χ1) is 7.57. The number of anilines is 1. The van der Waals surface area contributed by atoms with Gasteiger partial charge in [-0.15, -0.1) is 0 Å². The third kappa shape index (κ3) is 2.44. The summed E-state index contributed by atoms with van der Waals surface area (Å²) in [5, 5.41) is 0. The molecule has 0 amide bonds. The summed E-state index contributed by atoms with van der Waals surface area (Å²) in [5.74, 6) is 0. The molecule has 0 bridgehead atoms. The van der Waals surface area contributed by atoms with Gasteiger partial charge in [0.1, 0.15) is 0 Å². The second kappa shape index (κ2) is 4.29. The van der Waals surface area contributed by atoms with Gasteiger partial charge in [-0.05, 0) is 6.07 Å². The monoisotopic (exact) mass is 232 g/mol. The summed E-state index contributed by atoms with van der Waals surface area (Å²) in [6.07, 6.45) is -2.06. The van der Waals surface area contributed by atoms with Gasteiger partial charge >= 0.3 is 6.18 Å². The zero-order chi connectivity index (χ0) is 11.6. The summed E-state index contributed by atoms with van der Waals surface area (Å²) >= 11 is 0. The van der Waals surface area contributed by atoms with Crippen LogP contribution in [0.25, 0.3) is 0 Å². The highest BCUT2D eigenvalue weighted by Crippen LogP contribution is 2.30. The number of hydrogen-bond donors (Lipinski definition) is 0. The predicted molar refractivity (Wildman–Crippen MR) is 52.3 cm³/mol. The molecule has 0 spiro atoms. The van der Waals surface area contributed by atoms with Crippen molar-refractivity contribution in [1.29, 1.82) is 0 Å². The molecule has 1 aromatic heterocycles. The maximum absolute atomic E-state index is 12.5. The Kier molecular flexibility index (Phi) is 3.00. The molecule has 1 saturated heterocycles. The summed E-state index contributed by atoms with van der Waals surface area (Å²) in [4.78, 5) is 5.46. The van der Waals surface area contributed by atoms with Crippen LogP contribution in [0.4, 0.5) is 18.9 Å². The molecule has 0 radical (unpaired) electrons. The zero-order valence-corrected chi connectivity index (χ0v) is 8.50. The van der Waals surface area contributed by atoms with Gasteiger partial charge in [-0.3, -0.25) is 4.98 Å². The van der Waals surface area contributed by atoms with E-state index in [1.54, 1.807) is 0 Å². The van der Waals surface area contributed by atoms with Crippen molar-refractivity contribution < 1.29 is 17.9 Å². The molecule has 1 aliphatic heterocycles. The van der Waals surface area contributed by atoms with Crippen LogP contribution in [0.15, 0.2) is 18.5 Å². The van der Waals surface area contributed by atoms with Crippen LogP contribution in [0.5, 0.6) is 0 Å². The molecule has 6 heteroatoms. The fourth-order valence-corrected chi connectivity index (χ4v) is 1.58. The Morgan fingerprint density at radius 1 is 1.19 bits per heavy atom. The summed E-state index contributed by atoms with van der Waals surface area (Å²) in [6, 6.07) is 1.12. The van der Waals surface area contributed by atoms with Crippen LogP contribution in [0, 0.1) is 0 Å². The van der Waals surface area contributed by atoms with Crippen LogP contribution < -0.4 is 4.90 Å². The average Bonchev–Trinajstić information content (AvgIpc) is 2.29. The van der Waals surface area contributed by atoms with E-state index in [0.29, 0.717) is 32.0 Å². The highest BCUT2D eigenvalue weighted by Gasteiger charge is 2.31. The van der Waals surface area contributed by atoms with E-state index in [-0.39, 0.29) is 0 Å². The van der Waals surface area contributed by atoms with Gasteiger partial charge in [-0.25, -0.2) is 0 Å². The number of morpholine rings is 1. The first-order valence-corrected chi connectivity index (χ1v) is 4.92. The van der Waals surface area contributed by atoms with Crippen LogP contribution in [-0.4, -0.2) is 31.3 Å². The number of rotatable bonds is 1. The van der Waals surface area contributed by atoms with Crippen LogP contribution in [0.2, 0.25) is 0 Å². The van der Waals surface area contributed by atoms with E-state index in [1.165, 1.54) is 6.20 Å². The zero-order valence-electron chi connectivity index (χ0n) is 8.50. The molecule has 0 saturated carbocycles. The van der Waals surface area contributed by atoms with Crippen molar-refractivity contribution in [3.05, 3.63) is 24.0 Å². The van der Waals surface area contributed by atoms with Crippen molar-refractivity contribution in [2.24, 2.45) is 0 Å². The highest BCUT2D eigenvalue weighted by molar-refractivity contribution is 5.46. The Labute approximate surface area is 90.8 Å². The van der Waals surface area contributed by atoms with Crippen LogP contribution in [0.3, 0.4) is 0 Å². The van der Waals surface area contributed by atoms with Gasteiger partial charge < -0.3 is 9.64 Å². The van der Waals surface area contributed by atoms with Gasteiger partial charge in [-0.1, -0.05) is 0 Å². The van der Waals surface area contributed by atoms with Crippen LogP contribution >= 0.6 is 0 Å². The smallest absolute Gasteiger partial charge is 0.378 e. The Balaban J connectivity index is 2.21. The van der Waals surface area contributed by atoms with Crippen molar-refractivity contribution >= 4 is 5.69 Å². The molecule has 0 atom stereocenters. The largest absolute Gasteiger partial charge is 0.417 e. The number of halogens is 3. The molecule has 2 rings (SSSR count). The van der Waals surface area contributed by atoms with Gasteiger partial charge in [0.05, 0.1) is 30.7 Å². The Morgan fingerprint density at radius 3 is 2.50 bits per heavy atom. The molecular formula is C10H11F3N2O. The third-order valence-corrected chi connectivity index (χ3v) is 2.43. The number of alkyl halides is 3. The van der Waals surface area contributed by atoms with Gasteiger partial charge in [0.25, 0.3) is 0 Å². The molecule has 2 heterocycles. The van der Waals surface area contributed by atoms with E-state index in [9.17, 15) is 13.2 Å². The average molecular weight is 232 g/mol. The number of aromatic nitrogens is 1. The van der Waals surface area contributed by atoms with Crippen molar-refractivity contribution in [2.45, 2.75) is 6.18 Å². The summed E-state index contributed by atoms with van der Waals surface area (Å²) < 4.78 is 42.5. The molecular weight excluding hydrogens is 221 g/mol. The van der Waals surface area contributed by atoms with E-state index in [1.807, 2.05) is 4.90 Å². The van der Waals surface area contributed by atoms with E-state index >= 15 is 0 Å². The fraction of sp³-hybridized carbons (Fsp3) is 0.500. The summed E-state index contributed by atoms with van der Waals surface area (Å²) in [5.41, 5.74) is -0.213. The van der Waals surface area contributed by atoms with Crippen molar-refractivity contribution in [3.63, 3.8) is 0 Å². The van der Waals surface area contributed by atoms with Crippen LogP contribution in [-0.2, 0) is 10.9 Å². The lowest BCUT2D eigenvalue weighted by atomic mass is 10.2. The first-order valence-electron chi connectivity index (χ1n) is 4.92. The predicted octanol–water partition coefficient (Wildman–Crippen LogP) is 1.94. The second-order valence-corrected chi connectivity index (χ2v) is 3.53. The normalized spacial score (nSPS) is 17.6. The number of ether oxygens (including phenoxy) is 1. The lowest BCUT2D eigenvalue weighted by Crippen LogP contribution is -2.36. The molecule has 3 nitrogen and oxygen atoms in total. The SMILES string of the molecule is FC(F)(F)c1cncc(N2CCOCC2)c1. The number of nitrogens with zero attached hydrogens (tertiary/aromatic N) is 2. The molecule has 0 aliphatic carbocycles. The minimum absolute atomic E-state index is 0.498. The quantitative estimate of drug-likeness (QED) is 0.739. The van der Waals surface area contributed by atoms with Gasteiger partial charge in [-0.2, -0.15) is 13.2 Å². The molecule has 0 N–H and O–H groups in total. The summed E-state index contributed by atoms with van der Waals surface area (Å²) in [7, 11) is 0. The maximum Gasteiger partial charge on any atom is 0.417 e. The fourth-order valence-electron chi connectivity index (χ4n) is 1.58. The van der Waals surface area contributed by atoms with Crippen molar-refractivity contribution in [3.8, 4) is 0 Å². The molecule has 1 fully saturated rings. The molecule has 1 aliphatic rings. The highest BCUT2D eigenvalue weighted by atomic mass is 19.4. The van der Waals surface area contributed by atoms with Crippen LogP contribution in [0.1, 0.15) is 5.56 Å². The molecule has 0 unspecified atom stereocenters. The molecule has 88 valence electrons. The Morgan fingerprint density at radius 2 is 1.88 bits per heavy atom. The Hall–Kier alpha value is -1.30. The standard InChI is InChI=1S/C10H11F3N2O/c11-10(12,13)8-5-9(7-14-6-8)15-1-3-16-4-2-15/h5-7H,1-4H2. The lowest BCUT2D eigenvalue weighted by molar-refractivity contribution is -0.137. The van der Waals surface area contributed by atoms with E-state index in [0.717, 1.165) is 12.3 Å². The van der Waals surface area contributed by atoms with Crippen molar-refractivity contribution in [1.82, 2.24) is 4.98 Å². The van der Waals surface area contributed by atoms with Gasteiger partial charge in [0.15, 0.2) is 0 Å². The minimum Gasteiger partial charge on any atom is -0.378 e.